The molecule has 2 aromatic rings. The maximum absolute atomic E-state index is 11.7. The van der Waals surface area contributed by atoms with Crippen LogP contribution in [0.2, 0.25) is 0 Å². The Morgan fingerprint density at radius 2 is 2.11 bits per heavy atom. The second-order valence-electron chi connectivity index (χ2n) is 4.34. The van der Waals surface area contributed by atoms with Crippen LogP contribution in [0.4, 0.5) is 0 Å². The highest BCUT2D eigenvalue weighted by Gasteiger charge is 2.13. The number of amides is 2. The van der Waals surface area contributed by atoms with Gasteiger partial charge in [0, 0.05) is 6.92 Å². The highest BCUT2D eigenvalue weighted by molar-refractivity contribution is 5.86. The first kappa shape index (κ1) is 13.1. The maximum Gasteiger partial charge on any atom is 0.242 e. The molecule has 0 unspecified atom stereocenters. The van der Waals surface area contributed by atoms with Crippen LogP contribution in [-0.4, -0.2) is 27.8 Å². The zero-order chi connectivity index (χ0) is 13.8. The third-order valence-electron chi connectivity index (χ3n) is 2.68. The first-order chi connectivity index (χ1) is 9.06. The summed E-state index contributed by atoms with van der Waals surface area (Å²) in [6.07, 6.45) is 0. The lowest BCUT2D eigenvalue weighted by Gasteiger charge is -2.11. The fourth-order valence-electron chi connectivity index (χ4n) is 1.78. The Hall–Kier alpha value is -2.37. The lowest BCUT2D eigenvalue weighted by Crippen LogP contribution is -2.43. The smallest absolute Gasteiger partial charge is 0.242 e. The molecule has 6 nitrogen and oxygen atoms in total. The Balaban J connectivity index is 1.94. The van der Waals surface area contributed by atoms with E-state index in [1.54, 1.807) is 6.92 Å². The summed E-state index contributed by atoms with van der Waals surface area (Å²) in [6, 6.07) is 7.10. The van der Waals surface area contributed by atoms with E-state index in [9.17, 15) is 9.59 Å². The van der Waals surface area contributed by atoms with Crippen molar-refractivity contribution < 1.29 is 9.59 Å². The molecule has 0 spiro atoms. The predicted octanol–water partition coefficient (Wildman–Crippen LogP) is 0.704. The average Bonchev–Trinajstić information content (AvgIpc) is 2.77. The maximum atomic E-state index is 11.7. The number of carbonyl (C=O) groups excluding carboxylic acids is 2. The summed E-state index contributed by atoms with van der Waals surface area (Å²) in [5.41, 5.74) is 1.79. The van der Waals surface area contributed by atoms with Gasteiger partial charge in [-0.3, -0.25) is 9.59 Å². The number of nitrogens with one attached hydrogen (secondary N) is 3. The highest BCUT2D eigenvalue weighted by Crippen LogP contribution is 2.09. The Bertz CT molecular complexity index is 572. The molecule has 6 heteroatoms. The van der Waals surface area contributed by atoms with Gasteiger partial charge in [0.2, 0.25) is 11.8 Å². The number of benzene rings is 1. The molecular formula is C13H16N4O2. The van der Waals surface area contributed by atoms with Crippen molar-refractivity contribution in [3.8, 4) is 0 Å². The van der Waals surface area contributed by atoms with Crippen molar-refractivity contribution in [2.45, 2.75) is 26.4 Å². The van der Waals surface area contributed by atoms with E-state index in [0.29, 0.717) is 12.4 Å². The quantitative estimate of drug-likeness (QED) is 0.756. The summed E-state index contributed by atoms with van der Waals surface area (Å²) in [5.74, 6) is 0.214. The molecule has 2 rings (SSSR count). The summed E-state index contributed by atoms with van der Waals surface area (Å²) in [4.78, 5) is 30.0. The SMILES string of the molecule is CC(=O)N[C@@H](C)C(=O)NCc1nc2ccccc2[nH]1. The molecule has 1 aromatic carbocycles. The van der Waals surface area contributed by atoms with Gasteiger partial charge in [-0.2, -0.15) is 0 Å². The van der Waals surface area contributed by atoms with E-state index in [1.807, 2.05) is 24.3 Å². The standard InChI is InChI=1S/C13H16N4O2/c1-8(15-9(2)18)13(19)14-7-12-16-10-5-3-4-6-11(10)17-12/h3-6,8H,7H2,1-2H3,(H,14,19)(H,15,18)(H,16,17)/t8-/m0/s1. The number of hydrogen-bond donors (Lipinski definition) is 3. The van der Waals surface area contributed by atoms with Gasteiger partial charge in [-0.1, -0.05) is 12.1 Å². The largest absolute Gasteiger partial charge is 0.347 e. The second kappa shape index (κ2) is 5.51. The van der Waals surface area contributed by atoms with E-state index in [1.165, 1.54) is 6.92 Å². The van der Waals surface area contributed by atoms with Crippen molar-refractivity contribution >= 4 is 22.8 Å². The fraction of sp³-hybridized carbons (Fsp3) is 0.308. The number of imidazole rings is 1. The molecule has 1 atom stereocenters. The first-order valence-electron chi connectivity index (χ1n) is 6.04. The number of para-hydroxylation sites is 2. The number of aromatic amines is 1. The van der Waals surface area contributed by atoms with Crippen molar-refractivity contribution in [2.75, 3.05) is 0 Å². The van der Waals surface area contributed by atoms with Gasteiger partial charge in [0.1, 0.15) is 11.9 Å². The number of aromatic nitrogens is 2. The number of H-pyrrole nitrogens is 1. The number of nitrogens with zero attached hydrogens (tertiary/aromatic N) is 1. The predicted molar refractivity (Wildman–Crippen MR) is 71.2 cm³/mol. The minimum atomic E-state index is -0.554. The molecule has 1 heterocycles. The van der Waals surface area contributed by atoms with E-state index in [-0.39, 0.29) is 11.8 Å². The van der Waals surface area contributed by atoms with Crippen LogP contribution in [-0.2, 0) is 16.1 Å². The zero-order valence-corrected chi connectivity index (χ0v) is 10.9. The minimum Gasteiger partial charge on any atom is -0.347 e. The summed E-state index contributed by atoms with van der Waals surface area (Å²) in [7, 11) is 0. The fourth-order valence-corrected chi connectivity index (χ4v) is 1.78. The molecule has 3 N–H and O–H groups in total. The highest BCUT2D eigenvalue weighted by atomic mass is 16.2. The van der Waals surface area contributed by atoms with Crippen LogP contribution in [0.5, 0.6) is 0 Å². The van der Waals surface area contributed by atoms with Crippen LogP contribution < -0.4 is 10.6 Å². The molecule has 0 aliphatic carbocycles. The van der Waals surface area contributed by atoms with Gasteiger partial charge in [0.15, 0.2) is 0 Å². The summed E-state index contributed by atoms with van der Waals surface area (Å²) >= 11 is 0. The van der Waals surface area contributed by atoms with E-state index in [2.05, 4.69) is 20.6 Å². The van der Waals surface area contributed by atoms with E-state index in [4.69, 9.17) is 0 Å². The van der Waals surface area contributed by atoms with Gasteiger partial charge in [-0.25, -0.2) is 4.98 Å². The van der Waals surface area contributed by atoms with E-state index in [0.717, 1.165) is 11.0 Å². The normalized spacial score (nSPS) is 12.1. The summed E-state index contributed by atoms with van der Waals surface area (Å²) in [6.45, 7) is 3.32. The van der Waals surface area contributed by atoms with E-state index >= 15 is 0 Å². The van der Waals surface area contributed by atoms with Crippen LogP contribution in [0.25, 0.3) is 11.0 Å². The summed E-state index contributed by atoms with van der Waals surface area (Å²) in [5, 5.41) is 5.24. The minimum absolute atomic E-state index is 0.230. The number of fused-ring (bicyclic) bond motifs is 1. The van der Waals surface area contributed by atoms with Crippen molar-refractivity contribution in [1.82, 2.24) is 20.6 Å². The van der Waals surface area contributed by atoms with Gasteiger partial charge in [-0.15, -0.1) is 0 Å². The van der Waals surface area contributed by atoms with Gasteiger partial charge in [0.25, 0.3) is 0 Å². The Morgan fingerprint density at radius 1 is 1.37 bits per heavy atom. The molecule has 0 aliphatic heterocycles. The Morgan fingerprint density at radius 3 is 2.79 bits per heavy atom. The van der Waals surface area contributed by atoms with Gasteiger partial charge >= 0.3 is 0 Å². The molecule has 19 heavy (non-hydrogen) atoms. The van der Waals surface area contributed by atoms with Gasteiger partial charge in [0.05, 0.1) is 17.6 Å². The van der Waals surface area contributed by atoms with Crippen LogP contribution in [0.3, 0.4) is 0 Å². The van der Waals surface area contributed by atoms with Gasteiger partial charge < -0.3 is 15.6 Å². The lowest BCUT2D eigenvalue weighted by molar-refractivity contribution is -0.127. The van der Waals surface area contributed by atoms with Crippen LogP contribution in [0, 0.1) is 0 Å². The van der Waals surface area contributed by atoms with Crippen LogP contribution >= 0.6 is 0 Å². The first-order valence-corrected chi connectivity index (χ1v) is 6.04. The van der Waals surface area contributed by atoms with E-state index < -0.39 is 6.04 Å². The molecule has 0 saturated heterocycles. The molecular weight excluding hydrogens is 244 g/mol. The van der Waals surface area contributed by atoms with Crippen molar-refractivity contribution in [3.05, 3.63) is 30.1 Å². The van der Waals surface area contributed by atoms with Crippen molar-refractivity contribution in [3.63, 3.8) is 0 Å². The number of hydrogen-bond acceptors (Lipinski definition) is 3. The molecule has 0 aliphatic rings. The number of carbonyl (C=O) groups is 2. The molecule has 2 amide bonds. The molecule has 100 valence electrons. The monoisotopic (exact) mass is 260 g/mol. The topological polar surface area (TPSA) is 86.9 Å². The number of rotatable bonds is 4. The molecule has 0 bridgehead atoms. The average molecular weight is 260 g/mol. The van der Waals surface area contributed by atoms with Crippen LogP contribution in [0.1, 0.15) is 19.7 Å². The molecule has 0 radical (unpaired) electrons. The Kier molecular flexibility index (Phi) is 3.79. The lowest BCUT2D eigenvalue weighted by atomic mass is 10.3. The zero-order valence-electron chi connectivity index (χ0n) is 10.9. The third kappa shape index (κ3) is 3.31. The van der Waals surface area contributed by atoms with Crippen LogP contribution in [0.15, 0.2) is 24.3 Å². The molecule has 0 saturated carbocycles. The van der Waals surface area contributed by atoms with Gasteiger partial charge in [-0.05, 0) is 19.1 Å². The van der Waals surface area contributed by atoms with Crippen molar-refractivity contribution in [1.29, 1.82) is 0 Å². The van der Waals surface area contributed by atoms with Crippen molar-refractivity contribution in [2.24, 2.45) is 0 Å². The molecule has 0 fully saturated rings. The third-order valence-corrected chi connectivity index (χ3v) is 2.68. The molecule has 1 aromatic heterocycles. The Labute approximate surface area is 110 Å². The summed E-state index contributed by atoms with van der Waals surface area (Å²) < 4.78 is 0. The second-order valence-corrected chi connectivity index (χ2v) is 4.34.